The fraction of sp³-hybridized carbons (Fsp3) is 0.100. The predicted octanol–water partition coefficient (Wildman–Crippen LogP) is 3.19. The molecule has 1 aliphatic rings. The van der Waals surface area contributed by atoms with Crippen LogP contribution in [0.15, 0.2) is 46.7 Å². The third kappa shape index (κ3) is 4.30. The summed E-state index contributed by atoms with van der Waals surface area (Å²) in [5.41, 5.74) is -0.650. The molecular weight excluding hydrogens is 514 g/mol. The second kappa shape index (κ2) is 8.83. The zero-order valence-corrected chi connectivity index (χ0v) is 19.5. The average molecular weight is 529 g/mol. The first-order valence-corrected chi connectivity index (χ1v) is 12.1. The van der Waals surface area contributed by atoms with Crippen LogP contribution >= 0.6 is 22.9 Å². The van der Waals surface area contributed by atoms with E-state index >= 15 is 0 Å². The molecule has 0 aliphatic carbocycles. The summed E-state index contributed by atoms with van der Waals surface area (Å²) in [6.07, 6.45) is -1.82. The van der Waals surface area contributed by atoms with E-state index in [1.807, 2.05) is 0 Å². The normalized spacial score (nSPS) is 15.5. The lowest BCUT2D eigenvalue weighted by atomic mass is 10.1. The summed E-state index contributed by atoms with van der Waals surface area (Å²) in [5, 5.41) is 15.8. The molecule has 4 rings (SSSR count). The quantitative estimate of drug-likeness (QED) is 0.400. The van der Waals surface area contributed by atoms with Crippen molar-refractivity contribution in [2.45, 2.75) is 10.6 Å². The first-order chi connectivity index (χ1) is 16.0. The van der Waals surface area contributed by atoms with Crippen molar-refractivity contribution >= 4 is 61.8 Å². The summed E-state index contributed by atoms with van der Waals surface area (Å²) in [6.45, 7) is 0. The lowest BCUT2D eigenvalue weighted by Gasteiger charge is -2.34. The van der Waals surface area contributed by atoms with Gasteiger partial charge in [-0.25, -0.2) is 21.9 Å². The smallest absolute Gasteiger partial charge is 0.273 e. The Hall–Kier alpha value is -3.26. The van der Waals surface area contributed by atoms with E-state index in [4.69, 9.17) is 11.6 Å². The van der Waals surface area contributed by atoms with Crippen LogP contribution in [0.2, 0.25) is 4.34 Å². The third-order valence-corrected chi connectivity index (χ3v) is 7.90. The van der Waals surface area contributed by atoms with E-state index in [0.29, 0.717) is 34.1 Å². The Morgan fingerprint density at radius 2 is 1.85 bits per heavy atom. The second-order valence-electron chi connectivity index (χ2n) is 6.99. The minimum absolute atomic E-state index is 0.0469. The van der Waals surface area contributed by atoms with Gasteiger partial charge in [0.1, 0.15) is 9.90 Å². The van der Waals surface area contributed by atoms with Crippen molar-refractivity contribution in [3.8, 4) is 0 Å². The van der Waals surface area contributed by atoms with Gasteiger partial charge in [0.25, 0.3) is 21.8 Å². The van der Waals surface area contributed by atoms with Crippen LogP contribution in [0.1, 0.15) is 20.7 Å². The van der Waals surface area contributed by atoms with Crippen molar-refractivity contribution in [1.29, 1.82) is 0 Å². The van der Waals surface area contributed by atoms with Crippen LogP contribution in [0.5, 0.6) is 0 Å². The van der Waals surface area contributed by atoms with Crippen molar-refractivity contribution < 1.29 is 31.9 Å². The summed E-state index contributed by atoms with van der Waals surface area (Å²) in [5.74, 6) is -4.93. The van der Waals surface area contributed by atoms with Crippen LogP contribution < -0.4 is 20.3 Å². The maximum atomic E-state index is 14.9. The summed E-state index contributed by atoms with van der Waals surface area (Å²) in [6, 6.07) is 8.11. The van der Waals surface area contributed by atoms with Gasteiger partial charge in [-0.05, 0) is 42.5 Å². The van der Waals surface area contributed by atoms with Gasteiger partial charge in [-0.2, -0.15) is 0 Å². The maximum Gasteiger partial charge on any atom is 0.273 e. The molecule has 34 heavy (non-hydrogen) atoms. The maximum absolute atomic E-state index is 14.9. The van der Waals surface area contributed by atoms with Gasteiger partial charge in [-0.3, -0.25) is 14.5 Å². The Morgan fingerprint density at radius 1 is 1.18 bits per heavy atom. The van der Waals surface area contributed by atoms with Crippen LogP contribution in [0, 0.1) is 11.6 Å². The molecule has 2 amide bonds. The molecule has 0 spiro atoms. The molecule has 14 heteroatoms. The van der Waals surface area contributed by atoms with E-state index in [1.54, 1.807) is 17.8 Å². The Bertz CT molecular complexity index is 1410. The molecule has 1 aromatic heterocycles. The molecule has 1 atom stereocenters. The number of rotatable bonds is 5. The molecule has 1 aliphatic heterocycles. The van der Waals surface area contributed by atoms with Gasteiger partial charge in [-0.1, -0.05) is 11.6 Å². The number of carbonyl (C=O) groups excluding carboxylic acids is 2. The summed E-state index contributed by atoms with van der Waals surface area (Å²) in [7, 11) is -2.68. The van der Waals surface area contributed by atoms with Gasteiger partial charge in [0.15, 0.2) is 11.6 Å². The molecule has 0 bridgehead atoms. The van der Waals surface area contributed by atoms with Crippen LogP contribution in [0.4, 0.5) is 25.8 Å². The summed E-state index contributed by atoms with van der Waals surface area (Å²) >= 11 is 6.39. The van der Waals surface area contributed by atoms with Crippen LogP contribution in [-0.2, 0) is 10.0 Å². The molecule has 0 saturated carbocycles. The minimum atomic E-state index is -4.33. The monoisotopic (exact) mass is 528 g/mol. The van der Waals surface area contributed by atoms with Crippen LogP contribution in [0.25, 0.3) is 0 Å². The number of thiophene rings is 1. The zero-order chi connectivity index (χ0) is 24.8. The highest BCUT2D eigenvalue weighted by Crippen LogP contribution is 2.34. The highest BCUT2D eigenvalue weighted by Gasteiger charge is 2.36. The zero-order valence-electron chi connectivity index (χ0n) is 17.1. The van der Waals surface area contributed by atoms with Crippen LogP contribution in [0.3, 0.4) is 0 Å². The number of carbonyl (C=O) groups is 2. The summed E-state index contributed by atoms with van der Waals surface area (Å²) in [4.78, 5) is 25.7. The highest BCUT2D eigenvalue weighted by atomic mass is 35.5. The minimum Gasteiger partial charge on any atom is -0.388 e. The van der Waals surface area contributed by atoms with Crippen molar-refractivity contribution in [2.75, 3.05) is 22.6 Å². The average Bonchev–Trinajstić information content (AvgIpc) is 3.22. The Morgan fingerprint density at radius 3 is 2.44 bits per heavy atom. The number of halogens is 3. The molecular formula is C20H15ClF2N4O5S2. The molecule has 2 aromatic carbocycles. The third-order valence-electron chi connectivity index (χ3n) is 4.85. The van der Waals surface area contributed by atoms with E-state index in [2.05, 4.69) is 10.6 Å². The Labute approximate surface area is 201 Å². The van der Waals surface area contributed by atoms with Gasteiger partial charge in [0.05, 0.1) is 15.6 Å². The van der Waals surface area contributed by atoms with Gasteiger partial charge in [0, 0.05) is 18.3 Å². The molecule has 3 aromatic rings. The van der Waals surface area contributed by atoms with E-state index in [-0.39, 0.29) is 19.8 Å². The van der Waals surface area contributed by atoms with Crippen molar-refractivity contribution in [3.63, 3.8) is 0 Å². The number of anilines is 3. The SMILES string of the molecule is CNc1ccc2c(c1)NC(O)N(c1c(F)cc(C(=O)NS(=O)(=O)c3ccc(Cl)s3)cc1F)C2=O. The lowest BCUT2D eigenvalue weighted by molar-refractivity contribution is 0.0896. The molecule has 2 heterocycles. The van der Waals surface area contributed by atoms with Crippen molar-refractivity contribution in [1.82, 2.24) is 4.72 Å². The first-order valence-electron chi connectivity index (χ1n) is 9.43. The highest BCUT2D eigenvalue weighted by molar-refractivity contribution is 7.92. The number of benzene rings is 2. The topological polar surface area (TPSA) is 128 Å². The van der Waals surface area contributed by atoms with Gasteiger partial charge < -0.3 is 15.7 Å². The molecule has 0 saturated heterocycles. The summed E-state index contributed by atoms with van der Waals surface area (Å²) < 4.78 is 56.0. The van der Waals surface area contributed by atoms with Gasteiger partial charge >= 0.3 is 0 Å². The number of aliphatic hydroxyl groups excluding tert-OH is 1. The molecule has 9 nitrogen and oxygen atoms in total. The number of nitrogens with zero attached hydrogens (tertiary/aromatic N) is 1. The number of hydrogen-bond donors (Lipinski definition) is 4. The largest absolute Gasteiger partial charge is 0.388 e. The van der Waals surface area contributed by atoms with Crippen molar-refractivity contribution in [3.05, 3.63) is 69.6 Å². The number of amides is 2. The Kier molecular flexibility index (Phi) is 6.20. The standard InChI is InChI=1S/C20H15ClF2N4O5S2/c1-24-10-2-3-11-14(8-10)25-20(30)27(19(11)29)17-12(22)6-9(7-13(17)23)18(28)26-34(31,32)16-5-4-15(21)33-16/h2-8,20,24-25,30H,1H3,(H,26,28). The van der Waals surface area contributed by atoms with Crippen LogP contribution in [-0.4, -0.2) is 38.7 Å². The molecule has 0 fully saturated rings. The van der Waals surface area contributed by atoms with Gasteiger partial charge in [-0.15, -0.1) is 11.3 Å². The molecule has 0 radical (unpaired) electrons. The van der Waals surface area contributed by atoms with E-state index in [0.717, 1.165) is 0 Å². The predicted molar refractivity (Wildman–Crippen MR) is 123 cm³/mol. The van der Waals surface area contributed by atoms with E-state index in [1.165, 1.54) is 24.3 Å². The van der Waals surface area contributed by atoms with Crippen molar-refractivity contribution in [2.24, 2.45) is 0 Å². The fourth-order valence-corrected chi connectivity index (χ4v) is 5.73. The fourth-order valence-electron chi connectivity index (χ4n) is 3.27. The van der Waals surface area contributed by atoms with Gasteiger partial charge in [0.2, 0.25) is 6.35 Å². The lowest BCUT2D eigenvalue weighted by Crippen LogP contribution is -2.49. The number of nitrogens with one attached hydrogen (secondary N) is 3. The second-order valence-corrected chi connectivity index (χ2v) is 10.6. The number of hydrogen-bond acceptors (Lipinski definition) is 8. The number of fused-ring (bicyclic) bond motifs is 1. The molecule has 1 unspecified atom stereocenters. The molecule has 4 N–H and O–H groups in total. The first kappa shape index (κ1) is 23.9. The van der Waals surface area contributed by atoms with E-state index < -0.39 is 51.1 Å². The number of aliphatic hydroxyl groups is 1. The molecule has 178 valence electrons. The number of sulfonamides is 1. The van der Waals surface area contributed by atoms with E-state index in [9.17, 15) is 31.9 Å². The Balaban J connectivity index is 1.65.